The maximum absolute atomic E-state index is 12.8. The van der Waals surface area contributed by atoms with Crippen molar-refractivity contribution < 1.29 is 19.1 Å². The van der Waals surface area contributed by atoms with Crippen LogP contribution in [0.5, 0.6) is 0 Å². The van der Waals surface area contributed by atoms with Gasteiger partial charge in [0.1, 0.15) is 11.8 Å². The van der Waals surface area contributed by atoms with Gasteiger partial charge in [-0.3, -0.25) is 9.48 Å². The lowest BCUT2D eigenvalue weighted by Crippen LogP contribution is -2.36. The Hall–Kier alpha value is -2.12. The fraction of sp³-hybridized carbons (Fsp3) is 0.529. The first-order valence-corrected chi connectivity index (χ1v) is 8.09. The van der Waals surface area contributed by atoms with Crippen molar-refractivity contribution in [2.24, 2.45) is 13.0 Å². The zero-order chi connectivity index (χ0) is 17.3. The van der Waals surface area contributed by atoms with Crippen molar-refractivity contribution in [3.8, 4) is 0 Å². The summed E-state index contributed by atoms with van der Waals surface area (Å²) in [6, 6.07) is 2.91. The van der Waals surface area contributed by atoms with E-state index in [0.29, 0.717) is 18.8 Å². The zero-order valence-electron chi connectivity index (χ0n) is 14.2. The Kier molecular flexibility index (Phi) is 4.73. The first kappa shape index (κ1) is 16.7. The van der Waals surface area contributed by atoms with Gasteiger partial charge >= 0.3 is 0 Å². The van der Waals surface area contributed by atoms with Gasteiger partial charge in [-0.15, -0.1) is 0 Å². The third-order valence-electron chi connectivity index (χ3n) is 4.66. The molecule has 0 radical (unpaired) electrons. The van der Waals surface area contributed by atoms with Crippen molar-refractivity contribution in [2.45, 2.75) is 32.4 Å². The number of hydrogen-bond acceptors (Lipinski definition) is 5. The van der Waals surface area contributed by atoms with Crippen LogP contribution in [0.4, 0.5) is 0 Å². The molecular formula is C17H23N3O4. The van der Waals surface area contributed by atoms with Crippen LogP contribution in [0.25, 0.3) is 0 Å². The highest BCUT2D eigenvalue weighted by Crippen LogP contribution is 2.38. The van der Waals surface area contributed by atoms with Crippen LogP contribution in [0.3, 0.4) is 0 Å². The molecule has 7 heteroatoms. The summed E-state index contributed by atoms with van der Waals surface area (Å²) >= 11 is 0. The Labute approximate surface area is 140 Å². The quantitative estimate of drug-likeness (QED) is 0.867. The Balaban J connectivity index is 1.79. The van der Waals surface area contributed by atoms with Gasteiger partial charge in [0.15, 0.2) is 0 Å². The lowest BCUT2D eigenvalue weighted by Gasteiger charge is -2.21. The standard InChI is InChI=1S/C17H23N3O4/c1-10-15(11(2)20(3)19-10)16-12(6-8-24-16)17(22)18-13(9-21)14-5-4-7-23-14/h4-5,7,12-13,16,21H,6,8-9H2,1-3H3,(H,18,22)/t12-,13?,16-/m0/s1. The van der Waals surface area contributed by atoms with Crippen LogP contribution >= 0.6 is 0 Å². The summed E-state index contributed by atoms with van der Waals surface area (Å²) in [4.78, 5) is 12.8. The van der Waals surface area contributed by atoms with Crippen molar-refractivity contribution >= 4 is 5.91 Å². The number of nitrogens with zero attached hydrogens (tertiary/aromatic N) is 2. The second-order valence-corrected chi connectivity index (χ2v) is 6.15. The van der Waals surface area contributed by atoms with Gasteiger partial charge < -0.3 is 19.6 Å². The molecule has 0 saturated carbocycles. The van der Waals surface area contributed by atoms with Gasteiger partial charge in [-0.2, -0.15) is 5.10 Å². The van der Waals surface area contributed by atoms with Crippen LogP contribution in [0.1, 0.15) is 41.3 Å². The average Bonchev–Trinajstić information content (AvgIpc) is 3.27. The highest BCUT2D eigenvalue weighted by Gasteiger charge is 2.39. The van der Waals surface area contributed by atoms with Crippen LogP contribution in [-0.4, -0.2) is 34.0 Å². The molecule has 0 aliphatic carbocycles. The number of furan rings is 1. The largest absolute Gasteiger partial charge is 0.467 e. The number of ether oxygens (including phenoxy) is 1. The Morgan fingerprint density at radius 3 is 2.92 bits per heavy atom. The summed E-state index contributed by atoms with van der Waals surface area (Å²) < 4.78 is 12.9. The minimum absolute atomic E-state index is 0.143. The van der Waals surface area contributed by atoms with Gasteiger partial charge in [0.25, 0.3) is 0 Å². The SMILES string of the molecule is Cc1nn(C)c(C)c1[C@H]1OCC[C@@H]1C(=O)NC(CO)c1ccco1. The molecule has 0 aromatic carbocycles. The number of aryl methyl sites for hydroxylation is 2. The molecule has 0 spiro atoms. The van der Waals surface area contributed by atoms with E-state index < -0.39 is 6.04 Å². The molecule has 1 aliphatic heterocycles. The highest BCUT2D eigenvalue weighted by atomic mass is 16.5. The van der Waals surface area contributed by atoms with Crippen LogP contribution in [-0.2, 0) is 16.6 Å². The molecule has 130 valence electrons. The van der Waals surface area contributed by atoms with Gasteiger partial charge in [-0.1, -0.05) is 0 Å². The summed E-state index contributed by atoms with van der Waals surface area (Å²) in [7, 11) is 1.88. The molecule has 3 rings (SSSR count). The van der Waals surface area contributed by atoms with Crippen LogP contribution in [0, 0.1) is 19.8 Å². The molecule has 2 aromatic heterocycles. The number of aliphatic hydroxyl groups excluding tert-OH is 1. The normalized spacial score (nSPS) is 21.8. The Bertz CT molecular complexity index is 708. The third kappa shape index (κ3) is 2.97. The number of aliphatic hydroxyl groups is 1. The number of hydrogen-bond donors (Lipinski definition) is 2. The predicted octanol–water partition coefficient (Wildman–Crippen LogP) is 1.56. The zero-order valence-corrected chi connectivity index (χ0v) is 14.2. The molecule has 1 fully saturated rings. The summed E-state index contributed by atoms with van der Waals surface area (Å²) in [5, 5.41) is 16.8. The Morgan fingerprint density at radius 2 is 2.33 bits per heavy atom. The molecule has 3 atom stereocenters. The number of aromatic nitrogens is 2. The van der Waals surface area contributed by atoms with E-state index in [9.17, 15) is 9.90 Å². The maximum atomic E-state index is 12.8. The lowest BCUT2D eigenvalue weighted by molar-refractivity contribution is -0.128. The molecule has 24 heavy (non-hydrogen) atoms. The van der Waals surface area contributed by atoms with Crippen molar-refractivity contribution in [2.75, 3.05) is 13.2 Å². The fourth-order valence-corrected chi connectivity index (χ4v) is 3.32. The number of amides is 1. The van der Waals surface area contributed by atoms with E-state index in [2.05, 4.69) is 10.4 Å². The minimum atomic E-state index is -0.551. The summed E-state index contributed by atoms with van der Waals surface area (Å²) in [5.74, 6) is 0.0845. The van der Waals surface area contributed by atoms with Crippen molar-refractivity contribution in [3.05, 3.63) is 41.1 Å². The van der Waals surface area contributed by atoms with Gasteiger partial charge in [0.2, 0.25) is 5.91 Å². The second-order valence-electron chi connectivity index (χ2n) is 6.15. The average molecular weight is 333 g/mol. The van der Waals surface area contributed by atoms with Crippen molar-refractivity contribution in [3.63, 3.8) is 0 Å². The third-order valence-corrected chi connectivity index (χ3v) is 4.66. The molecular weight excluding hydrogens is 310 g/mol. The first-order chi connectivity index (χ1) is 11.5. The van der Waals surface area contributed by atoms with E-state index in [1.807, 2.05) is 20.9 Å². The minimum Gasteiger partial charge on any atom is -0.467 e. The topological polar surface area (TPSA) is 89.5 Å². The first-order valence-electron chi connectivity index (χ1n) is 8.09. The van der Waals surface area contributed by atoms with Gasteiger partial charge in [0.05, 0.1) is 30.6 Å². The van der Waals surface area contributed by atoms with Gasteiger partial charge in [-0.25, -0.2) is 0 Å². The molecule has 2 N–H and O–H groups in total. The molecule has 2 aromatic rings. The molecule has 1 aliphatic rings. The van der Waals surface area contributed by atoms with Crippen molar-refractivity contribution in [1.82, 2.24) is 15.1 Å². The van der Waals surface area contributed by atoms with E-state index in [-0.39, 0.29) is 24.5 Å². The van der Waals surface area contributed by atoms with Gasteiger partial charge in [0, 0.05) is 24.9 Å². The predicted molar refractivity (Wildman–Crippen MR) is 86.2 cm³/mol. The van der Waals surface area contributed by atoms with Gasteiger partial charge in [-0.05, 0) is 32.4 Å². The number of carbonyl (C=O) groups is 1. The van der Waals surface area contributed by atoms with Crippen LogP contribution in [0.2, 0.25) is 0 Å². The number of nitrogens with one attached hydrogen (secondary N) is 1. The molecule has 1 unspecified atom stereocenters. The Morgan fingerprint density at radius 1 is 1.54 bits per heavy atom. The fourth-order valence-electron chi connectivity index (χ4n) is 3.32. The number of carbonyl (C=O) groups excluding carboxylic acids is 1. The van der Waals surface area contributed by atoms with E-state index >= 15 is 0 Å². The monoisotopic (exact) mass is 333 g/mol. The summed E-state index contributed by atoms with van der Waals surface area (Å²) in [5.41, 5.74) is 2.86. The van der Waals surface area contributed by atoms with E-state index in [4.69, 9.17) is 9.15 Å². The maximum Gasteiger partial charge on any atom is 0.226 e. The van der Waals surface area contributed by atoms with E-state index in [1.54, 1.807) is 16.8 Å². The van der Waals surface area contributed by atoms with Crippen LogP contribution in [0.15, 0.2) is 22.8 Å². The summed E-state index contributed by atoms with van der Waals surface area (Å²) in [6.45, 7) is 4.22. The smallest absolute Gasteiger partial charge is 0.226 e. The van der Waals surface area contributed by atoms with Crippen molar-refractivity contribution in [1.29, 1.82) is 0 Å². The highest BCUT2D eigenvalue weighted by molar-refractivity contribution is 5.80. The number of rotatable bonds is 5. The lowest BCUT2D eigenvalue weighted by atomic mass is 9.93. The molecule has 1 saturated heterocycles. The van der Waals surface area contributed by atoms with Crippen LogP contribution < -0.4 is 5.32 Å². The molecule has 0 bridgehead atoms. The molecule has 3 heterocycles. The summed E-state index contributed by atoms with van der Waals surface area (Å²) in [6.07, 6.45) is 1.85. The van der Waals surface area contributed by atoms with E-state index in [0.717, 1.165) is 17.0 Å². The second kappa shape index (κ2) is 6.78. The molecule has 7 nitrogen and oxygen atoms in total. The van der Waals surface area contributed by atoms with E-state index in [1.165, 1.54) is 6.26 Å². The molecule has 1 amide bonds.